The Hall–Kier alpha value is -1.10. The summed E-state index contributed by atoms with van der Waals surface area (Å²) in [5, 5.41) is 5.64. The quantitative estimate of drug-likeness (QED) is 0.689. The second-order valence-electron chi connectivity index (χ2n) is 6.90. The van der Waals surface area contributed by atoms with E-state index < -0.39 is 0 Å². The van der Waals surface area contributed by atoms with Crippen molar-refractivity contribution in [2.75, 3.05) is 13.1 Å². The van der Waals surface area contributed by atoms with Crippen molar-refractivity contribution in [3.05, 3.63) is 0 Å². The van der Waals surface area contributed by atoms with Gasteiger partial charge in [-0.05, 0) is 36.0 Å². The lowest BCUT2D eigenvalue weighted by Gasteiger charge is -2.43. The molecule has 0 radical (unpaired) electrons. The molecule has 0 aromatic rings. The first kappa shape index (κ1) is 14.3. The van der Waals surface area contributed by atoms with Gasteiger partial charge in [-0.3, -0.25) is 9.59 Å². The van der Waals surface area contributed by atoms with Crippen molar-refractivity contribution < 1.29 is 9.59 Å². The zero-order chi connectivity index (χ0) is 14.3. The fourth-order valence-electron chi connectivity index (χ4n) is 4.13. The minimum Gasteiger partial charge on any atom is -0.351 e. The first-order chi connectivity index (χ1) is 8.79. The van der Waals surface area contributed by atoms with E-state index in [2.05, 4.69) is 31.4 Å². The van der Waals surface area contributed by atoms with E-state index in [1.807, 2.05) is 0 Å². The van der Waals surface area contributed by atoms with E-state index in [1.54, 1.807) is 0 Å². The van der Waals surface area contributed by atoms with Gasteiger partial charge in [0.1, 0.15) is 0 Å². The highest BCUT2D eigenvalue weighted by Crippen LogP contribution is 2.62. The van der Waals surface area contributed by atoms with Gasteiger partial charge in [0, 0.05) is 6.04 Å². The van der Waals surface area contributed by atoms with Crippen LogP contribution < -0.4 is 16.4 Å². The van der Waals surface area contributed by atoms with Crippen LogP contribution in [0.25, 0.3) is 0 Å². The van der Waals surface area contributed by atoms with Gasteiger partial charge in [0.15, 0.2) is 0 Å². The van der Waals surface area contributed by atoms with Crippen LogP contribution >= 0.6 is 0 Å². The third kappa shape index (κ3) is 2.48. The third-order valence-corrected chi connectivity index (χ3v) is 5.21. The number of carbonyl (C=O) groups is 2. The van der Waals surface area contributed by atoms with Gasteiger partial charge in [-0.2, -0.15) is 0 Å². The topological polar surface area (TPSA) is 84.2 Å². The molecule has 0 spiro atoms. The number of fused-ring (bicyclic) bond motifs is 2. The second-order valence-corrected chi connectivity index (χ2v) is 6.90. The van der Waals surface area contributed by atoms with Crippen molar-refractivity contribution >= 4 is 11.8 Å². The zero-order valence-electron chi connectivity index (χ0n) is 12.1. The molecule has 4 N–H and O–H groups in total. The van der Waals surface area contributed by atoms with Crippen molar-refractivity contribution in [3.8, 4) is 0 Å². The molecule has 0 aromatic carbocycles. The molecule has 5 heteroatoms. The number of nitrogens with one attached hydrogen (secondary N) is 2. The van der Waals surface area contributed by atoms with Crippen LogP contribution in [0.4, 0.5) is 0 Å². The normalized spacial score (nSPS) is 35.2. The van der Waals surface area contributed by atoms with Gasteiger partial charge in [0.2, 0.25) is 11.8 Å². The fraction of sp³-hybridized carbons (Fsp3) is 0.857. The summed E-state index contributed by atoms with van der Waals surface area (Å²) < 4.78 is 0. The van der Waals surface area contributed by atoms with Crippen LogP contribution in [0.2, 0.25) is 0 Å². The van der Waals surface area contributed by atoms with E-state index in [0.29, 0.717) is 5.92 Å². The van der Waals surface area contributed by atoms with Gasteiger partial charge in [0.05, 0.1) is 13.1 Å². The Labute approximate surface area is 114 Å². The molecule has 2 aliphatic rings. The van der Waals surface area contributed by atoms with Crippen molar-refractivity contribution in [2.24, 2.45) is 22.5 Å². The molecule has 2 saturated carbocycles. The van der Waals surface area contributed by atoms with E-state index in [9.17, 15) is 9.59 Å². The number of amides is 2. The Bertz CT molecular complexity index is 389. The number of nitrogens with two attached hydrogens (primary N) is 1. The maximum Gasteiger partial charge on any atom is 0.239 e. The summed E-state index contributed by atoms with van der Waals surface area (Å²) in [6.45, 7) is 6.69. The minimum absolute atomic E-state index is 0.0172. The summed E-state index contributed by atoms with van der Waals surface area (Å²) in [6, 6.07) is 0.195. The molecule has 2 fully saturated rings. The number of hydrogen-bond acceptors (Lipinski definition) is 3. The summed E-state index contributed by atoms with van der Waals surface area (Å²) >= 11 is 0. The Balaban J connectivity index is 1.95. The van der Waals surface area contributed by atoms with Gasteiger partial charge in [0.25, 0.3) is 0 Å². The van der Waals surface area contributed by atoms with Gasteiger partial charge in [-0.25, -0.2) is 0 Å². The maximum atomic E-state index is 12.0. The first-order valence-electron chi connectivity index (χ1n) is 7.06. The molecule has 0 aliphatic heterocycles. The van der Waals surface area contributed by atoms with Gasteiger partial charge >= 0.3 is 0 Å². The monoisotopic (exact) mass is 267 g/mol. The lowest BCUT2D eigenvalue weighted by molar-refractivity contribution is -0.127. The SMILES string of the molecule is CC12CCC(C1)C(C)(C)C2NC(=O)CNC(=O)CN. The lowest BCUT2D eigenvalue weighted by atomic mass is 9.68. The van der Waals surface area contributed by atoms with Crippen LogP contribution in [0.5, 0.6) is 0 Å². The largest absolute Gasteiger partial charge is 0.351 e. The van der Waals surface area contributed by atoms with Crippen LogP contribution in [0, 0.1) is 16.7 Å². The van der Waals surface area contributed by atoms with Crippen molar-refractivity contribution in [1.29, 1.82) is 0 Å². The second kappa shape index (κ2) is 4.78. The van der Waals surface area contributed by atoms with Crippen LogP contribution in [0.1, 0.15) is 40.0 Å². The lowest BCUT2D eigenvalue weighted by Crippen LogP contribution is -2.54. The Kier molecular flexibility index (Phi) is 3.60. The number of rotatable bonds is 4. The third-order valence-electron chi connectivity index (χ3n) is 5.21. The summed E-state index contributed by atoms with van der Waals surface area (Å²) in [4.78, 5) is 23.0. The van der Waals surface area contributed by atoms with Crippen molar-refractivity contribution in [1.82, 2.24) is 10.6 Å². The number of hydrogen-bond donors (Lipinski definition) is 3. The summed E-state index contributed by atoms with van der Waals surface area (Å²) in [5.74, 6) is 0.281. The van der Waals surface area contributed by atoms with Crippen molar-refractivity contribution in [3.63, 3.8) is 0 Å². The molecule has 5 nitrogen and oxygen atoms in total. The van der Waals surface area contributed by atoms with Gasteiger partial charge in [-0.1, -0.05) is 20.8 Å². The van der Waals surface area contributed by atoms with Crippen LogP contribution in [0.15, 0.2) is 0 Å². The average Bonchev–Trinajstić information content (AvgIpc) is 2.82. The predicted octanol–water partition coefficient (Wildman–Crippen LogP) is 0.392. The Morgan fingerprint density at radius 1 is 1.26 bits per heavy atom. The molecule has 2 amide bonds. The maximum absolute atomic E-state index is 12.0. The van der Waals surface area contributed by atoms with E-state index in [0.717, 1.165) is 0 Å². The molecule has 0 saturated heterocycles. The molecule has 2 aliphatic carbocycles. The molecule has 2 rings (SSSR count). The number of carbonyl (C=O) groups excluding carboxylic acids is 2. The highest BCUT2D eigenvalue weighted by Gasteiger charge is 2.59. The minimum atomic E-state index is -0.298. The molecule has 3 unspecified atom stereocenters. The van der Waals surface area contributed by atoms with E-state index in [4.69, 9.17) is 5.73 Å². The van der Waals surface area contributed by atoms with Crippen LogP contribution in [-0.2, 0) is 9.59 Å². The fourth-order valence-corrected chi connectivity index (χ4v) is 4.13. The van der Waals surface area contributed by atoms with Crippen LogP contribution in [-0.4, -0.2) is 30.9 Å². The summed E-state index contributed by atoms with van der Waals surface area (Å²) in [5.41, 5.74) is 5.54. The smallest absolute Gasteiger partial charge is 0.239 e. The van der Waals surface area contributed by atoms with Gasteiger partial charge < -0.3 is 16.4 Å². The van der Waals surface area contributed by atoms with Crippen molar-refractivity contribution in [2.45, 2.75) is 46.1 Å². The molecule has 0 heterocycles. The van der Waals surface area contributed by atoms with E-state index >= 15 is 0 Å². The average molecular weight is 267 g/mol. The van der Waals surface area contributed by atoms with E-state index in [-0.39, 0.29) is 41.8 Å². The molecular weight excluding hydrogens is 242 g/mol. The van der Waals surface area contributed by atoms with Crippen LogP contribution in [0.3, 0.4) is 0 Å². The molecular formula is C14H25N3O2. The van der Waals surface area contributed by atoms with E-state index in [1.165, 1.54) is 19.3 Å². The highest BCUT2D eigenvalue weighted by molar-refractivity contribution is 5.85. The Morgan fingerprint density at radius 3 is 2.47 bits per heavy atom. The molecule has 19 heavy (non-hydrogen) atoms. The molecule has 0 aromatic heterocycles. The predicted molar refractivity (Wildman–Crippen MR) is 73.2 cm³/mol. The molecule has 108 valence electrons. The highest BCUT2D eigenvalue weighted by atomic mass is 16.2. The molecule has 2 bridgehead atoms. The molecule has 3 atom stereocenters. The zero-order valence-corrected chi connectivity index (χ0v) is 12.1. The standard InChI is InChI=1S/C14H25N3O2/c1-13(2)9-4-5-14(3,6-9)12(13)17-11(19)8-16-10(18)7-15/h9,12H,4-8,15H2,1-3H3,(H,16,18)(H,17,19). The Morgan fingerprint density at radius 2 is 1.95 bits per heavy atom. The summed E-state index contributed by atoms with van der Waals surface area (Å²) in [6.07, 6.45) is 3.64. The summed E-state index contributed by atoms with van der Waals surface area (Å²) in [7, 11) is 0. The first-order valence-corrected chi connectivity index (χ1v) is 7.06. The van der Waals surface area contributed by atoms with Gasteiger partial charge in [-0.15, -0.1) is 0 Å².